The molecule has 0 aliphatic rings. The second kappa shape index (κ2) is 8.71. The van der Waals surface area contributed by atoms with E-state index in [2.05, 4.69) is 10.3 Å². The summed E-state index contributed by atoms with van der Waals surface area (Å²) in [4.78, 5) is 29.2. The molecule has 31 heavy (non-hydrogen) atoms. The number of hydrogen-bond acceptors (Lipinski definition) is 5. The maximum atomic E-state index is 12.5. The maximum Gasteiger partial charge on any atom is 0.258 e. The summed E-state index contributed by atoms with van der Waals surface area (Å²) in [5.41, 5.74) is 3.08. The molecule has 0 unspecified atom stereocenters. The molecule has 7 nitrogen and oxygen atoms in total. The van der Waals surface area contributed by atoms with Crippen LogP contribution in [-0.4, -0.2) is 22.4 Å². The Morgan fingerprint density at radius 2 is 1.84 bits per heavy atom. The highest BCUT2D eigenvalue weighted by Crippen LogP contribution is 2.20. The summed E-state index contributed by atoms with van der Waals surface area (Å²) in [6.07, 6.45) is 1.71. The minimum absolute atomic E-state index is 0.134. The molecule has 2 aromatic heterocycles. The van der Waals surface area contributed by atoms with Crippen molar-refractivity contribution < 1.29 is 14.3 Å². The first-order chi connectivity index (χ1) is 15.0. The summed E-state index contributed by atoms with van der Waals surface area (Å²) in [7, 11) is 1.58. The third-order valence-electron chi connectivity index (χ3n) is 4.71. The highest BCUT2D eigenvalue weighted by Gasteiger charge is 2.08. The Hall–Kier alpha value is -4.13. The first-order valence-electron chi connectivity index (χ1n) is 9.69. The Bertz CT molecular complexity index is 1300. The number of fused-ring (bicyclic) bond motifs is 1. The lowest BCUT2D eigenvalue weighted by molar-refractivity contribution is 0.102. The summed E-state index contributed by atoms with van der Waals surface area (Å²) in [5.74, 6) is 1.00. The number of pyridine rings is 1. The van der Waals surface area contributed by atoms with Crippen LogP contribution in [0.1, 0.15) is 21.6 Å². The average Bonchev–Trinajstić information content (AvgIpc) is 2.77. The van der Waals surface area contributed by atoms with Crippen molar-refractivity contribution in [3.05, 3.63) is 100 Å². The number of carbonyl (C=O) groups excluding carboxylic acids is 1. The number of rotatable bonds is 6. The highest BCUT2D eigenvalue weighted by molar-refractivity contribution is 6.04. The number of amides is 1. The fourth-order valence-electron chi connectivity index (χ4n) is 3.09. The van der Waals surface area contributed by atoms with Gasteiger partial charge >= 0.3 is 0 Å². The van der Waals surface area contributed by atoms with E-state index in [1.807, 2.05) is 19.1 Å². The molecule has 0 radical (unpaired) electrons. The Balaban J connectivity index is 1.45. The standard InChI is InChI=1S/C24H21N3O4/c1-16-10-11-27-22(12-16)25-19(14-23(27)28)15-31-21-5-3-4-18(13-21)26-24(29)17-6-8-20(30-2)9-7-17/h3-14H,15H2,1-2H3,(H,26,29). The van der Waals surface area contributed by atoms with Crippen LogP contribution in [0.4, 0.5) is 5.69 Å². The Labute approximate surface area is 178 Å². The fraction of sp³-hybridized carbons (Fsp3) is 0.125. The van der Waals surface area contributed by atoms with Gasteiger partial charge in [-0.15, -0.1) is 0 Å². The quantitative estimate of drug-likeness (QED) is 0.517. The van der Waals surface area contributed by atoms with Gasteiger partial charge in [-0.25, -0.2) is 4.98 Å². The summed E-state index contributed by atoms with van der Waals surface area (Å²) in [5, 5.41) is 2.85. The first kappa shape index (κ1) is 20.2. The number of aromatic nitrogens is 2. The number of carbonyl (C=O) groups is 1. The molecule has 2 aromatic carbocycles. The molecule has 0 bridgehead atoms. The van der Waals surface area contributed by atoms with E-state index in [-0.39, 0.29) is 18.1 Å². The van der Waals surface area contributed by atoms with Crippen LogP contribution in [0.15, 0.2) is 77.7 Å². The third kappa shape index (κ3) is 4.72. The molecule has 4 aromatic rings. The number of methoxy groups -OCH3 is 1. The van der Waals surface area contributed by atoms with Crippen molar-refractivity contribution in [2.45, 2.75) is 13.5 Å². The zero-order valence-corrected chi connectivity index (χ0v) is 17.2. The number of anilines is 1. The molecule has 0 aliphatic carbocycles. The van der Waals surface area contributed by atoms with Crippen LogP contribution >= 0.6 is 0 Å². The molecule has 156 valence electrons. The lowest BCUT2D eigenvalue weighted by Crippen LogP contribution is -2.16. The van der Waals surface area contributed by atoms with Crippen LogP contribution in [0.3, 0.4) is 0 Å². The summed E-state index contributed by atoms with van der Waals surface area (Å²) < 4.78 is 12.4. The van der Waals surface area contributed by atoms with Crippen molar-refractivity contribution in [2.75, 3.05) is 12.4 Å². The molecule has 1 amide bonds. The van der Waals surface area contributed by atoms with E-state index in [0.717, 1.165) is 5.56 Å². The number of nitrogens with one attached hydrogen (secondary N) is 1. The van der Waals surface area contributed by atoms with E-state index in [4.69, 9.17) is 9.47 Å². The SMILES string of the molecule is COc1ccc(C(=O)Nc2cccc(OCc3cc(=O)n4ccc(C)cc4n3)c2)cc1. The molecule has 0 saturated carbocycles. The monoisotopic (exact) mass is 415 g/mol. The fourth-order valence-corrected chi connectivity index (χ4v) is 3.09. The molecule has 1 N–H and O–H groups in total. The summed E-state index contributed by atoms with van der Waals surface area (Å²) >= 11 is 0. The molecule has 0 spiro atoms. The second-order valence-corrected chi connectivity index (χ2v) is 7.02. The molecule has 0 saturated heterocycles. The van der Waals surface area contributed by atoms with Gasteiger partial charge in [0.2, 0.25) is 0 Å². The van der Waals surface area contributed by atoms with Crippen LogP contribution in [0.2, 0.25) is 0 Å². The van der Waals surface area contributed by atoms with Gasteiger partial charge in [-0.05, 0) is 61.0 Å². The van der Waals surface area contributed by atoms with Crippen LogP contribution in [0, 0.1) is 6.92 Å². The lowest BCUT2D eigenvalue weighted by atomic mass is 10.2. The Morgan fingerprint density at radius 3 is 2.61 bits per heavy atom. The first-order valence-corrected chi connectivity index (χ1v) is 9.69. The van der Waals surface area contributed by atoms with Gasteiger partial charge in [0.25, 0.3) is 11.5 Å². The van der Waals surface area contributed by atoms with Crippen molar-refractivity contribution in [1.82, 2.24) is 9.38 Å². The third-order valence-corrected chi connectivity index (χ3v) is 4.71. The molecule has 2 heterocycles. The van der Waals surface area contributed by atoms with Crippen LogP contribution < -0.4 is 20.3 Å². The molecule has 4 rings (SSSR count). The van der Waals surface area contributed by atoms with E-state index < -0.39 is 0 Å². The topological polar surface area (TPSA) is 81.9 Å². The number of ether oxygens (including phenoxy) is 2. The molecule has 7 heteroatoms. The van der Waals surface area contributed by atoms with Gasteiger partial charge < -0.3 is 14.8 Å². The number of hydrogen-bond donors (Lipinski definition) is 1. The van der Waals surface area contributed by atoms with Gasteiger partial charge in [-0.3, -0.25) is 14.0 Å². The number of benzene rings is 2. The molecule has 0 atom stereocenters. The van der Waals surface area contributed by atoms with Crippen molar-refractivity contribution in [2.24, 2.45) is 0 Å². The summed E-state index contributed by atoms with van der Waals surface area (Å²) in [6.45, 7) is 2.08. The van der Waals surface area contributed by atoms with Gasteiger partial charge in [0, 0.05) is 29.6 Å². The van der Waals surface area contributed by atoms with Crippen LogP contribution in [0.5, 0.6) is 11.5 Å². The van der Waals surface area contributed by atoms with E-state index in [1.54, 1.807) is 61.8 Å². The normalized spacial score (nSPS) is 10.6. The van der Waals surface area contributed by atoms with E-state index in [9.17, 15) is 9.59 Å². The minimum Gasteiger partial charge on any atom is -0.497 e. The Morgan fingerprint density at radius 1 is 1.03 bits per heavy atom. The zero-order valence-electron chi connectivity index (χ0n) is 17.2. The predicted molar refractivity (Wildman–Crippen MR) is 118 cm³/mol. The molecule has 0 fully saturated rings. The van der Waals surface area contributed by atoms with Crippen LogP contribution in [0.25, 0.3) is 5.65 Å². The second-order valence-electron chi connectivity index (χ2n) is 7.02. The molecular weight excluding hydrogens is 394 g/mol. The predicted octanol–water partition coefficient (Wildman–Crippen LogP) is 3.84. The van der Waals surface area contributed by atoms with E-state index >= 15 is 0 Å². The van der Waals surface area contributed by atoms with Crippen LogP contribution in [-0.2, 0) is 6.61 Å². The maximum absolute atomic E-state index is 12.5. The van der Waals surface area contributed by atoms with E-state index in [0.29, 0.717) is 34.1 Å². The van der Waals surface area contributed by atoms with Gasteiger partial charge in [-0.2, -0.15) is 0 Å². The largest absolute Gasteiger partial charge is 0.497 e. The van der Waals surface area contributed by atoms with Gasteiger partial charge in [0.05, 0.1) is 12.8 Å². The Kier molecular flexibility index (Phi) is 5.66. The minimum atomic E-state index is -0.237. The zero-order chi connectivity index (χ0) is 21.8. The summed E-state index contributed by atoms with van der Waals surface area (Å²) in [6, 6.07) is 19.1. The molecule has 0 aliphatic heterocycles. The number of aryl methyl sites for hydroxylation is 1. The smallest absolute Gasteiger partial charge is 0.258 e. The van der Waals surface area contributed by atoms with Crippen molar-refractivity contribution >= 4 is 17.2 Å². The molecular formula is C24H21N3O4. The lowest BCUT2D eigenvalue weighted by Gasteiger charge is -2.10. The van der Waals surface area contributed by atoms with Gasteiger partial charge in [0.15, 0.2) is 0 Å². The highest BCUT2D eigenvalue weighted by atomic mass is 16.5. The van der Waals surface area contributed by atoms with Crippen molar-refractivity contribution in [3.63, 3.8) is 0 Å². The van der Waals surface area contributed by atoms with Gasteiger partial charge in [-0.1, -0.05) is 6.07 Å². The van der Waals surface area contributed by atoms with Crippen molar-refractivity contribution in [3.8, 4) is 11.5 Å². The average molecular weight is 415 g/mol. The van der Waals surface area contributed by atoms with Crippen molar-refractivity contribution in [1.29, 1.82) is 0 Å². The van der Waals surface area contributed by atoms with E-state index in [1.165, 1.54) is 10.5 Å². The number of nitrogens with zero attached hydrogens (tertiary/aromatic N) is 2. The van der Waals surface area contributed by atoms with Gasteiger partial charge in [0.1, 0.15) is 23.8 Å².